The van der Waals surface area contributed by atoms with Gasteiger partial charge in [0.15, 0.2) is 0 Å². The van der Waals surface area contributed by atoms with Gasteiger partial charge in [-0.3, -0.25) is 4.79 Å². The summed E-state index contributed by atoms with van der Waals surface area (Å²) < 4.78 is 3.83. The first-order valence-electron chi connectivity index (χ1n) is 3.52. The fraction of sp³-hybridized carbons (Fsp3) is 0.429. The van der Waals surface area contributed by atoms with Crippen LogP contribution in [0.3, 0.4) is 0 Å². The Morgan fingerprint density at radius 3 is 2.83 bits per heavy atom. The molecule has 0 amide bonds. The summed E-state index contributed by atoms with van der Waals surface area (Å²) in [6, 6.07) is 1.61. The van der Waals surface area contributed by atoms with Gasteiger partial charge in [0.2, 0.25) is 5.12 Å². The van der Waals surface area contributed by atoms with Gasteiger partial charge >= 0.3 is 0 Å². The lowest BCUT2D eigenvalue weighted by molar-refractivity contribution is 0.109. The summed E-state index contributed by atoms with van der Waals surface area (Å²) >= 11 is 2.45. The highest BCUT2D eigenvalue weighted by atomic mass is 32.2. The lowest BCUT2D eigenvalue weighted by Crippen LogP contribution is -1.96. The number of hydrogen-bond acceptors (Lipinski definition) is 5. The maximum absolute atomic E-state index is 11.3. The Morgan fingerprint density at radius 2 is 2.42 bits per heavy atom. The van der Waals surface area contributed by atoms with E-state index in [-0.39, 0.29) is 5.12 Å². The molecule has 1 aromatic rings. The molecule has 66 valence electrons. The van der Waals surface area contributed by atoms with Gasteiger partial charge < -0.3 is 5.73 Å². The molecule has 2 N–H and O–H groups in total. The standard InChI is InChI=1S/C7H10N2OS2/c1-4(2)11-7(10)5-3-6(8)9-12-5/h3-4H,1-2H3,(H2,8,9). The van der Waals surface area contributed by atoms with Gasteiger partial charge in [-0.25, -0.2) is 0 Å². The summed E-state index contributed by atoms with van der Waals surface area (Å²) in [5.41, 5.74) is 5.39. The molecule has 0 atom stereocenters. The Kier molecular flexibility index (Phi) is 3.11. The Morgan fingerprint density at radius 1 is 1.75 bits per heavy atom. The zero-order valence-electron chi connectivity index (χ0n) is 6.90. The van der Waals surface area contributed by atoms with Crippen LogP contribution < -0.4 is 5.73 Å². The Balaban J connectivity index is 2.65. The van der Waals surface area contributed by atoms with E-state index in [4.69, 9.17) is 5.73 Å². The second-order valence-electron chi connectivity index (χ2n) is 2.57. The molecule has 0 saturated carbocycles. The molecule has 1 rings (SSSR count). The molecular weight excluding hydrogens is 192 g/mol. The van der Waals surface area contributed by atoms with Crippen molar-refractivity contribution < 1.29 is 4.79 Å². The normalized spacial score (nSPS) is 10.6. The molecule has 3 nitrogen and oxygen atoms in total. The maximum Gasteiger partial charge on any atom is 0.231 e. The number of nitrogen functional groups attached to an aromatic ring is 1. The number of carbonyl (C=O) groups excluding carboxylic acids is 1. The second-order valence-corrected chi connectivity index (χ2v) is 4.92. The molecule has 12 heavy (non-hydrogen) atoms. The van der Waals surface area contributed by atoms with E-state index in [1.165, 1.54) is 11.8 Å². The highest BCUT2D eigenvalue weighted by Crippen LogP contribution is 2.21. The molecule has 1 aromatic heterocycles. The molecule has 0 aliphatic carbocycles. The third-order valence-electron chi connectivity index (χ3n) is 1.07. The van der Waals surface area contributed by atoms with Crippen LogP contribution in [-0.4, -0.2) is 14.7 Å². The molecular formula is C7H10N2OS2. The monoisotopic (exact) mass is 202 g/mol. The van der Waals surface area contributed by atoms with Crippen molar-refractivity contribution in [2.45, 2.75) is 19.1 Å². The molecule has 0 spiro atoms. The van der Waals surface area contributed by atoms with E-state index >= 15 is 0 Å². The van der Waals surface area contributed by atoms with Crippen molar-refractivity contribution in [2.75, 3.05) is 5.73 Å². The van der Waals surface area contributed by atoms with Gasteiger partial charge in [-0.05, 0) is 11.5 Å². The lowest BCUT2D eigenvalue weighted by Gasteiger charge is -1.98. The van der Waals surface area contributed by atoms with Crippen LogP contribution in [0.4, 0.5) is 5.82 Å². The summed E-state index contributed by atoms with van der Waals surface area (Å²) in [5.74, 6) is 0.424. The summed E-state index contributed by atoms with van der Waals surface area (Å²) in [7, 11) is 0. The third kappa shape index (κ3) is 2.49. The average molecular weight is 202 g/mol. The molecule has 0 fully saturated rings. The Labute approximate surface area is 79.5 Å². The number of thioether (sulfide) groups is 1. The summed E-state index contributed by atoms with van der Waals surface area (Å²) in [5, 5.41) is 0.361. The minimum absolute atomic E-state index is 0.0548. The second kappa shape index (κ2) is 3.91. The van der Waals surface area contributed by atoms with Crippen LogP contribution in [0.25, 0.3) is 0 Å². The van der Waals surface area contributed by atoms with Crippen molar-refractivity contribution in [1.29, 1.82) is 0 Å². The van der Waals surface area contributed by atoms with E-state index in [0.717, 1.165) is 11.5 Å². The van der Waals surface area contributed by atoms with Crippen LogP contribution in [-0.2, 0) is 0 Å². The van der Waals surface area contributed by atoms with Crippen molar-refractivity contribution in [3.63, 3.8) is 0 Å². The van der Waals surface area contributed by atoms with Gasteiger partial charge in [0.05, 0.1) is 0 Å². The zero-order chi connectivity index (χ0) is 9.14. The number of carbonyl (C=O) groups is 1. The van der Waals surface area contributed by atoms with Crippen molar-refractivity contribution in [1.82, 2.24) is 4.37 Å². The van der Waals surface area contributed by atoms with E-state index in [2.05, 4.69) is 4.37 Å². The molecule has 0 radical (unpaired) electrons. The third-order valence-corrected chi connectivity index (χ3v) is 2.91. The van der Waals surface area contributed by atoms with E-state index in [1.54, 1.807) is 6.07 Å². The first kappa shape index (κ1) is 9.54. The zero-order valence-corrected chi connectivity index (χ0v) is 8.54. The van der Waals surface area contributed by atoms with E-state index in [0.29, 0.717) is 15.9 Å². The predicted molar refractivity (Wildman–Crippen MR) is 53.6 cm³/mol. The smallest absolute Gasteiger partial charge is 0.231 e. The number of nitrogens with two attached hydrogens (primary N) is 1. The lowest BCUT2D eigenvalue weighted by atomic mass is 10.5. The topological polar surface area (TPSA) is 56.0 Å². The molecule has 0 saturated heterocycles. The first-order chi connectivity index (χ1) is 5.59. The summed E-state index contributed by atoms with van der Waals surface area (Å²) in [4.78, 5) is 12.0. The Hall–Kier alpha value is -0.550. The number of nitrogens with zero attached hydrogens (tertiary/aromatic N) is 1. The van der Waals surface area contributed by atoms with Crippen molar-refractivity contribution in [2.24, 2.45) is 0 Å². The van der Waals surface area contributed by atoms with Crippen molar-refractivity contribution in [3.8, 4) is 0 Å². The highest BCUT2D eigenvalue weighted by molar-refractivity contribution is 8.14. The maximum atomic E-state index is 11.3. The Bertz CT molecular complexity index is 283. The van der Waals surface area contributed by atoms with Gasteiger partial charge in [-0.15, -0.1) is 0 Å². The number of rotatable bonds is 2. The first-order valence-corrected chi connectivity index (χ1v) is 5.18. The SMILES string of the molecule is CC(C)SC(=O)c1cc(N)ns1. The van der Waals surface area contributed by atoms with Gasteiger partial charge in [0.25, 0.3) is 0 Å². The van der Waals surface area contributed by atoms with Crippen LogP contribution in [0.15, 0.2) is 6.07 Å². The summed E-state index contributed by atoms with van der Waals surface area (Å²) in [6.07, 6.45) is 0. The largest absolute Gasteiger partial charge is 0.383 e. The molecule has 0 aliphatic heterocycles. The van der Waals surface area contributed by atoms with Gasteiger partial charge in [-0.1, -0.05) is 25.6 Å². The van der Waals surface area contributed by atoms with Crippen LogP contribution in [0, 0.1) is 0 Å². The predicted octanol–water partition coefficient (Wildman–Crippen LogP) is 2.01. The number of anilines is 1. The van der Waals surface area contributed by atoms with E-state index < -0.39 is 0 Å². The van der Waals surface area contributed by atoms with Crippen LogP contribution in [0.5, 0.6) is 0 Å². The van der Waals surface area contributed by atoms with Gasteiger partial charge in [0.1, 0.15) is 10.7 Å². The van der Waals surface area contributed by atoms with E-state index in [1.807, 2.05) is 13.8 Å². The highest BCUT2D eigenvalue weighted by Gasteiger charge is 2.11. The molecule has 0 unspecified atom stereocenters. The molecule has 1 heterocycles. The van der Waals surface area contributed by atoms with Gasteiger partial charge in [0, 0.05) is 11.3 Å². The minimum atomic E-state index is 0.0548. The summed E-state index contributed by atoms with van der Waals surface area (Å²) in [6.45, 7) is 3.96. The number of aromatic nitrogens is 1. The van der Waals surface area contributed by atoms with Crippen LogP contribution >= 0.6 is 23.3 Å². The average Bonchev–Trinajstić information content (AvgIpc) is 2.34. The van der Waals surface area contributed by atoms with Gasteiger partial charge in [-0.2, -0.15) is 4.37 Å². The van der Waals surface area contributed by atoms with Crippen molar-refractivity contribution >= 4 is 34.2 Å². The quantitative estimate of drug-likeness (QED) is 0.797. The van der Waals surface area contributed by atoms with Crippen LogP contribution in [0.2, 0.25) is 0 Å². The fourth-order valence-corrected chi connectivity index (χ4v) is 2.02. The number of hydrogen-bond donors (Lipinski definition) is 1. The molecule has 0 bridgehead atoms. The fourth-order valence-electron chi connectivity index (χ4n) is 0.657. The van der Waals surface area contributed by atoms with Crippen LogP contribution in [0.1, 0.15) is 23.5 Å². The molecule has 0 aromatic carbocycles. The van der Waals surface area contributed by atoms with E-state index in [9.17, 15) is 4.79 Å². The molecule has 5 heteroatoms. The van der Waals surface area contributed by atoms with Crippen molar-refractivity contribution in [3.05, 3.63) is 10.9 Å². The minimum Gasteiger partial charge on any atom is -0.383 e. The molecule has 0 aliphatic rings.